The van der Waals surface area contributed by atoms with Crippen LogP contribution >= 0.6 is 22.6 Å². The molecule has 0 aliphatic carbocycles. The minimum absolute atomic E-state index is 0.0522. The van der Waals surface area contributed by atoms with Crippen LogP contribution in [-0.2, 0) is 0 Å². The van der Waals surface area contributed by atoms with Gasteiger partial charge in [0.1, 0.15) is 6.33 Å². The molecule has 0 N–H and O–H groups in total. The third-order valence-corrected chi connectivity index (χ3v) is 2.20. The molecule has 1 aromatic heterocycles. The van der Waals surface area contributed by atoms with Gasteiger partial charge in [-0.3, -0.25) is 0 Å². The Balaban J connectivity index is 3.00. The van der Waals surface area contributed by atoms with E-state index in [9.17, 15) is 26.3 Å². The fourth-order valence-corrected chi connectivity index (χ4v) is 1.25. The fraction of sp³-hybridized carbons (Fsp3) is 0.429. The quantitative estimate of drug-likeness (QED) is 0.592. The van der Waals surface area contributed by atoms with E-state index in [0.29, 0.717) is 0 Å². The standard InChI is InChI=1S/C7H3F6IN2O/c8-6(9,10)5(7(11,12)13)17-4-3(14)1-15-2-16-4/h1-2,5H. The van der Waals surface area contributed by atoms with Crippen LogP contribution in [0.5, 0.6) is 5.88 Å². The van der Waals surface area contributed by atoms with Gasteiger partial charge in [-0.2, -0.15) is 26.3 Å². The van der Waals surface area contributed by atoms with E-state index < -0.39 is 24.3 Å². The first-order valence-corrected chi connectivity index (χ1v) is 4.96. The lowest BCUT2D eigenvalue weighted by atomic mass is 10.3. The molecule has 1 rings (SSSR count). The van der Waals surface area contributed by atoms with Gasteiger partial charge in [-0.05, 0) is 22.6 Å². The van der Waals surface area contributed by atoms with E-state index in [0.717, 1.165) is 12.5 Å². The monoisotopic (exact) mass is 372 g/mol. The normalized spacial score (nSPS) is 12.9. The van der Waals surface area contributed by atoms with Gasteiger partial charge in [-0.15, -0.1) is 0 Å². The molecule has 0 saturated heterocycles. The predicted molar refractivity (Wildman–Crippen MR) is 51.3 cm³/mol. The lowest BCUT2D eigenvalue weighted by molar-refractivity contribution is -0.300. The van der Waals surface area contributed by atoms with Gasteiger partial charge in [0.25, 0.3) is 6.10 Å². The summed E-state index contributed by atoms with van der Waals surface area (Å²) in [6.07, 6.45) is -13.2. The molecule has 0 radical (unpaired) electrons. The molecule has 0 aliphatic heterocycles. The third-order valence-electron chi connectivity index (χ3n) is 1.46. The van der Waals surface area contributed by atoms with Gasteiger partial charge in [0.15, 0.2) is 0 Å². The van der Waals surface area contributed by atoms with Crippen LogP contribution in [0, 0.1) is 3.57 Å². The molecule has 96 valence electrons. The summed E-state index contributed by atoms with van der Waals surface area (Å²) < 4.78 is 76.7. The second-order valence-electron chi connectivity index (χ2n) is 2.76. The van der Waals surface area contributed by atoms with Gasteiger partial charge >= 0.3 is 12.4 Å². The Morgan fingerprint density at radius 3 is 2.06 bits per heavy atom. The van der Waals surface area contributed by atoms with Crippen molar-refractivity contribution in [3.8, 4) is 5.88 Å². The SMILES string of the molecule is FC(F)(F)C(Oc1ncncc1I)C(F)(F)F. The van der Waals surface area contributed by atoms with Crippen molar-refractivity contribution in [2.24, 2.45) is 0 Å². The number of halogens is 7. The highest BCUT2D eigenvalue weighted by Gasteiger charge is 2.59. The summed E-state index contributed by atoms with van der Waals surface area (Å²) in [5.41, 5.74) is 0. The molecule has 0 fully saturated rings. The van der Waals surface area contributed by atoms with Crippen molar-refractivity contribution in [2.45, 2.75) is 18.5 Å². The summed E-state index contributed by atoms with van der Waals surface area (Å²) in [4.78, 5) is 6.62. The summed E-state index contributed by atoms with van der Waals surface area (Å²) in [5, 5.41) is 0. The van der Waals surface area contributed by atoms with E-state index in [1.807, 2.05) is 0 Å². The lowest BCUT2D eigenvalue weighted by Crippen LogP contribution is -2.46. The second-order valence-corrected chi connectivity index (χ2v) is 3.92. The molecule has 0 aliphatic rings. The second kappa shape index (κ2) is 4.82. The maximum atomic E-state index is 12.1. The van der Waals surface area contributed by atoms with Crippen LogP contribution < -0.4 is 4.74 Å². The number of nitrogens with zero attached hydrogens (tertiary/aromatic N) is 2. The summed E-state index contributed by atoms with van der Waals surface area (Å²) >= 11 is 1.47. The zero-order valence-corrected chi connectivity index (χ0v) is 9.84. The zero-order valence-electron chi connectivity index (χ0n) is 7.68. The number of alkyl halides is 6. The predicted octanol–water partition coefficient (Wildman–Crippen LogP) is 2.95. The highest BCUT2D eigenvalue weighted by molar-refractivity contribution is 14.1. The van der Waals surface area contributed by atoms with Crippen molar-refractivity contribution >= 4 is 22.6 Å². The van der Waals surface area contributed by atoms with Gasteiger partial charge in [0.05, 0.1) is 3.57 Å². The Kier molecular flexibility index (Phi) is 4.04. The van der Waals surface area contributed by atoms with Crippen molar-refractivity contribution in [1.29, 1.82) is 0 Å². The average molecular weight is 372 g/mol. The number of hydrogen-bond acceptors (Lipinski definition) is 3. The van der Waals surface area contributed by atoms with E-state index >= 15 is 0 Å². The highest BCUT2D eigenvalue weighted by Crippen LogP contribution is 2.36. The molecule has 17 heavy (non-hydrogen) atoms. The molecular formula is C7H3F6IN2O. The fourth-order valence-electron chi connectivity index (χ4n) is 0.819. The molecule has 0 saturated carbocycles. The van der Waals surface area contributed by atoms with Crippen molar-refractivity contribution < 1.29 is 31.1 Å². The van der Waals surface area contributed by atoms with Gasteiger partial charge in [-0.1, -0.05) is 0 Å². The molecular weight excluding hydrogens is 369 g/mol. The molecule has 3 nitrogen and oxygen atoms in total. The Hall–Kier alpha value is -0.810. The smallest absolute Gasteiger partial charge is 0.434 e. The summed E-state index contributed by atoms with van der Waals surface area (Å²) in [6, 6.07) is 0. The van der Waals surface area contributed by atoms with Gasteiger partial charge in [-0.25, -0.2) is 9.97 Å². The van der Waals surface area contributed by atoms with Crippen molar-refractivity contribution in [2.75, 3.05) is 0 Å². The molecule has 0 spiro atoms. The van der Waals surface area contributed by atoms with Crippen LogP contribution in [0.3, 0.4) is 0 Å². The molecule has 0 amide bonds. The van der Waals surface area contributed by atoms with Gasteiger partial charge in [0.2, 0.25) is 5.88 Å². The lowest BCUT2D eigenvalue weighted by Gasteiger charge is -2.23. The van der Waals surface area contributed by atoms with E-state index in [-0.39, 0.29) is 3.57 Å². The van der Waals surface area contributed by atoms with E-state index in [2.05, 4.69) is 14.7 Å². The summed E-state index contributed by atoms with van der Waals surface area (Å²) in [6.45, 7) is 0. The van der Waals surface area contributed by atoms with Crippen LogP contribution in [-0.4, -0.2) is 28.4 Å². The zero-order chi connectivity index (χ0) is 13.3. The Labute approximate surface area is 104 Å². The minimum atomic E-state index is -5.56. The molecule has 10 heteroatoms. The van der Waals surface area contributed by atoms with Crippen molar-refractivity contribution in [3.05, 3.63) is 16.1 Å². The van der Waals surface area contributed by atoms with Gasteiger partial charge < -0.3 is 4.74 Å². The third kappa shape index (κ3) is 3.85. The Morgan fingerprint density at radius 1 is 1.12 bits per heavy atom. The average Bonchev–Trinajstić information content (AvgIpc) is 2.12. The summed E-state index contributed by atoms with van der Waals surface area (Å²) in [7, 11) is 0. The van der Waals surface area contributed by atoms with Crippen LogP contribution in [0.15, 0.2) is 12.5 Å². The number of aromatic nitrogens is 2. The Morgan fingerprint density at radius 2 is 1.65 bits per heavy atom. The molecule has 1 heterocycles. The Bertz CT molecular complexity index is 379. The molecule has 0 aromatic carbocycles. The van der Waals surface area contributed by atoms with Crippen LogP contribution in [0.1, 0.15) is 0 Å². The number of hydrogen-bond donors (Lipinski definition) is 0. The number of rotatable bonds is 2. The van der Waals surface area contributed by atoms with Gasteiger partial charge in [0, 0.05) is 6.20 Å². The molecule has 0 atom stereocenters. The van der Waals surface area contributed by atoms with E-state index in [4.69, 9.17) is 0 Å². The maximum absolute atomic E-state index is 12.1. The molecule has 1 aromatic rings. The van der Waals surface area contributed by atoms with Crippen molar-refractivity contribution in [3.63, 3.8) is 0 Å². The maximum Gasteiger partial charge on any atom is 0.434 e. The first-order chi connectivity index (χ1) is 7.62. The van der Waals surface area contributed by atoms with Crippen LogP contribution in [0.2, 0.25) is 0 Å². The number of ether oxygens (including phenoxy) is 1. The molecule has 0 unspecified atom stereocenters. The van der Waals surface area contributed by atoms with E-state index in [1.54, 1.807) is 0 Å². The van der Waals surface area contributed by atoms with Crippen LogP contribution in [0.25, 0.3) is 0 Å². The minimum Gasteiger partial charge on any atom is -0.454 e. The summed E-state index contributed by atoms with van der Waals surface area (Å²) in [5.74, 6) is -0.764. The van der Waals surface area contributed by atoms with Crippen molar-refractivity contribution in [1.82, 2.24) is 9.97 Å². The molecule has 0 bridgehead atoms. The first kappa shape index (κ1) is 14.3. The largest absolute Gasteiger partial charge is 0.454 e. The first-order valence-electron chi connectivity index (χ1n) is 3.88. The van der Waals surface area contributed by atoms with E-state index in [1.165, 1.54) is 22.6 Å². The topological polar surface area (TPSA) is 35.0 Å². The highest BCUT2D eigenvalue weighted by atomic mass is 127. The van der Waals surface area contributed by atoms with Crippen LogP contribution in [0.4, 0.5) is 26.3 Å².